The van der Waals surface area contributed by atoms with Gasteiger partial charge in [0, 0.05) is 11.8 Å². The zero-order valence-corrected chi connectivity index (χ0v) is 19.3. The van der Waals surface area contributed by atoms with Gasteiger partial charge in [0.05, 0.1) is 13.2 Å². The molecule has 190 valence electrons. The number of alkyl carbamates (subject to hydrolysis) is 1. The fraction of sp³-hybridized carbons (Fsp3) is 0.833. The molecule has 0 aromatic rings. The van der Waals surface area contributed by atoms with Crippen LogP contribution in [0.2, 0.25) is 0 Å². The van der Waals surface area contributed by atoms with E-state index < -0.39 is 74.8 Å². The maximum atomic E-state index is 15.6. The highest BCUT2D eigenvalue weighted by Gasteiger charge is 2.87. The predicted octanol–water partition coefficient (Wildman–Crippen LogP) is 1.97. The van der Waals surface area contributed by atoms with Gasteiger partial charge in [0.15, 0.2) is 5.54 Å². The Hall–Kier alpha value is -2.16. The van der Waals surface area contributed by atoms with Crippen molar-refractivity contribution in [2.24, 2.45) is 11.8 Å². The Kier molecular flexibility index (Phi) is 7.03. The van der Waals surface area contributed by atoms with Gasteiger partial charge in [-0.3, -0.25) is 4.18 Å². The van der Waals surface area contributed by atoms with Gasteiger partial charge in [-0.05, 0) is 41.0 Å². The van der Waals surface area contributed by atoms with Crippen LogP contribution < -0.4 is 5.32 Å². The number of amides is 1. The second-order valence-corrected chi connectivity index (χ2v) is 10.1. The van der Waals surface area contributed by atoms with Gasteiger partial charge in [-0.15, -0.1) is 0 Å². The Labute approximate surface area is 187 Å². The molecule has 0 radical (unpaired) electrons. The third kappa shape index (κ3) is 4.74. The second-order valence-electron chi connectivity index (χ2n) is 8.51. The minimum Gasteiger partial charge on any atom is -0.464 e. The number of fused-ring (bicyclic) bond motifs is 1. The van der Waals surface area contributed by atoms with E-state index in [-0.39, 0.29) is 13.2 Å². The highest BCUT2D eigenvalue weighted by molar-refractivity contribution is 7.87. The summed E-state index contributed by atoms with van der Waals surface area (Å²) in [6.07, 6.45) is -4.49. The topological polar surface area (TPSA) is 134 Å². The van der Waals surface area contributed by atoms with Crippen molar-refractivity contribution in [2.75, 3.05) is 13.2 Å². The highest BCUT2D eigenvalue weighted by Crippen LogP contribution is 2.68. The zero-order chi connectivity index (χ0) is 25.6. The van der Waals surface area contributed by atoms with E-state index in [4.69, 9.17) is 9.47 Å². The van der Waals surface area contributed by atoms with Crippen LogP contribution in [0.5, 0.6) is 0 Å². The van der Waals surface area contributed by atoms with E-state index in [1.807, 2.05) is 5.32 Å². The number of hydrogen-bond acceptors (Lipinski definition) is 9. The number of carbonyl (C=O) groups excluding carboxylic acids is 3. The summed E-state index contributed by atoms with van der Waals surface area (Å²) < 4.78 is 96.7. The molecule has 0 aromatic heterocycles. The molecule has 5 atom stereocenters. The van der Waals surface area contributed by atoms with Crippen LogP contribution in [-0.4, -0.2) is 68.1 Å². The Morgan fingerprint density at radius 1 is 1.03 bits per heavy atom. The molecule has 1 unspecified atom stereocenters. The molecule has 0 heterocycles. The Morgan fingerprint density at radius 3 is 2.00 bits per heavy atom. The fourth-order valence-electron chi connectivity index (χ4n) is 4.03. The molecule has 2 aliphatic rings. The molecule has 2 aliphatic carbocycles. The van der Waals surface area contributed by atoms with Crippen molar-refractivity contribution in [3.63, 3.8) is 0 Å². The molecule has 15 heteroatoms. The van der Waals surface area contributed by atoms with Crippen LogP contribution in [0.1, 0.15) is 41.0 Å². The molecular formula is C18H25F4NO9S. The normalized spacial score (nSPS) is 31.4. The third-order valence-corrected chi connectivity index (χ3v) is 6.24. The van der Waals surface area contributed by atoms with E-state index >= 15 is 4.39 Å². The predicted molar refractivity (Wildman–Crippen MR) is 101 cm³/mol. The molecule has 33 heavy (non-hydrogen) atoms. The lowest BCUT2D eigenvalue weighted by Gasteiger charge is -2.37. The molecule has 2 saturated carbocycles. The van der Waals surface area contributed by atoms with Crippen molar-refractivity contribution in [1.29, 1.82) is 0 Å². The summed E-state index contributed by atoms with van der Waals surface area (Å²) in [6.45, 7) is 6.35. The first-order valence-electron chi connectivity index (χ1n) is 9.92. The lowest BCUT2D eigenvalue weighted by Crippen LogP contribution is -2.66. The Bertz CT molecular complexity index is 917. The van der Waals surface area contributed by atoms with Crippen molar-refractivity contribution in [3.8, 4) is 0 Å². The van der Waals surface area contributed by atoms with Gasteiger partial charge in [0.25, 0.3) is 0 Å². The van der Waals surface area contributed by atoms with E-state index in [9.17, 15) is 36.0 Å². The monoisotopic (exact) mass is 507 g/mol. The average Bonchev–Trinajstić information content (AvgIpc) is 3.08. The fourth-order valence-corrected chi connectivity index (χ4v) is 4.68. The SMILES string of the molecule is CCOC(=O)[C@]1(NC(=O)OC(C)(C)C)[C@@H](OS(=O)(=O)C(F)(F)F)CC2[C@H]1[C@@]2(F)C(=O)OCC. The minimum absolute atomic E-state index is 0.252. The quantitative estimate of drug-likeness (QED) is 0.180. The Balaban J connectivity index is 2.59. The van der Waals surface area contributed by atoms with Gasteiger partial charge in [0.2, 0.25) is 5.67 Å². The van der Waals surface area contributed by atoms with Gasteiger partial charge >= 0.3 is 33.7 Å². The standard InChI is InChI=1S/C18H25F4NO9S/c1-6-29-12(24)16(19)9-8-10(32-33(27,28)18(20,21)22)17(11(9)16,13(25)30-7-2)23-14(26)31-15(3,4)5/h9-11H,6-8H2,1-5H3,(H,23,26)/t9?,10-,11-,16+,17-/m0/s1. The van der Waals surface area contributed by atoms with Crippen LogP contribution in [0.4, 0.5) is 22.4 Å². The summed E-state index contributed by atoms with van der Waals surface area (Å²) in [6, 6.07) is 0. The van der Waals surface area contributed by atoms with Crippen LogP contribution in [0.15, 0.2) is 0 Å². The average molecular weight is 507 g/mol. The summed E-state index contributed by atoms with van der Waals surface area (Å²) in [5.74, 6) is -6.24. The van der Waals surface area contributed by atoms with Gasteiger partial charge in [0.1, 0.15) is 11.7 Å². The summed E-state index contributed by atoms with van der Waals surface area (Å²) in [4.78, 5) is 37.7. The molecule has 0 saturated heterocycles. The van der Waals surface area contributed by atoms with Gasteiger partial charge < -0.3 is 19.5 Å². The van der Waals surface area contributed by atoms with Crippen molar-refractivity contribution >= 4 is 28.1 Å². The molecular weight excluding hydrogens is 482 g/mol. The van der Waals surface area contributed by atoms with Crippen molar-refractivity contribution in [2.45, 2.75) is 69.5 Å². The first-order valence-corrected chi connectivity index (χ1v) is 11.3. The molecule has 1 N–H and O–H groups in total. The van der Waals surface area contributed by atoms with Gasteiger partial charge in [-0.2, -0.15) is 21.6 Å². The van der Waals surface area contributed by atoms with E-state index in [2.05, 4.69) is 8.92 Å². The Morgan fingerprint density at radius 2 is 1.55 bits per heavy atom. The van der Waals surface area contributed by atoms with Gasteiger partial charge in [-0.1, -0.05) is 0 Å². The minimum atomic E-state index is -6.28. The molecule has 0 aliphatic heterocycles. The molecule has 2 fully saturated rings. The largest absolute Gasteiger partial charge is 0.523 e. The molecule has 0 aromatic carbocycles. The molecule has 1 amide bonds. The molecule has 10 nitrogen and oxygen atoms in total. The van der Waals surface area contributed by atoms with Crippen molar-refractivity contribution < 1.29 is 58.8 Å². The summed E-state index contributed by atoms with van der Waals surface area (Å²) in [7, 11) is -6.28. The number of halogens is 4. The summed E-state index contributed by atoms with van der Waals surface area (Å²) in [5.41, 5.74) is -12.8. The van der Waals surface area contributed by atoms with E-state index in [0.717, 1.165) is 0 Å². The zero-order valence-electron chi connectivity index (χ0n) is 18.4. The number of carbonyl (C=O) groups is 3. The summed E-state index contributed by atoms with van der Waals surface area (Å²) in [5, 5.41) is 1.96. The first-order chi connectivity index (χ1) is 14.9. The lowest BCUT2D eigenvalue weighted by atomic mass is 9.86. The second kappa shape index (κ2) is 8.56. The van der Waals surface area contributed by atoms with Gasteiger partial charge in [-0.25, -0.2) is 18.8 Å². The number of nitrogens with one attached hydrogen (secondary N) is 1. The number of hydrogen-bond donors (Lipinski definition) is 1. The van der Waals surface area contributed by atoms with Crippen LogP contribution in [0.3, 0.4) is 0 Å². The number of esters is 2. The smallest absolute Gasteiger partial charge is 0.464 e. The maximum Gasteiger partial charge on any atom is 0.523 e. The first kappa shape index (κ1) is 27.1. The van der Waals surface area contributed by atoms with E-state index in [1.165, 1.54) is 34.6 Å². The number of alkyl halides is 4. The van der Waals surface area contributed by atoms with E-state index in [1.54, 1.807) is 0 Å². The van der Waals surface area contributed by atoms with Crippen LogP contribution in [0.25, 0.3) is 0 Å². The molecule has 2 rings (SSSR count). The van der Waals surface area contributed by atoms with Crippen LogP contribution >= 0.6 is 0 Å². The van der Waals surface area contributed by atoms with Crippen LogP contribution in [-0.2, 0) is 38.1 Å². The maximum absolute atomic E-state index is 15.6. The van der Waals surface area contributed by atoms with Crippen molar-refractivity contribution in [1.82, 2.24) is 5.32 Å². The molecule has 0 bridgehead atoms. The lowest BCUT2D eigenvalue weighted by molar-refractivity contribution is -0.162. The van der Waals surface area contributed by atoms with Crippen LogP contribution in [0, 0.1) is 11.8 Å². The third-order valence-electron chi connectivity index (χ3n) is 5.19. The van der Waals surface area contributed by atoms with Crippen molar-refractivity contribution in [3.05, 3.63) is 0 Å². The van der Waals surface area contributed by atoms with E-state index in [0.29, 0.717) is 0 Å². The highest BCUT2D eigenvalue weighted by atomic mass is 32.2. The number of rotatable bonds is 7. The number of ether oxygens (including phenoxy) is 3. The summed E-state index contributed by atoms with van der Waals surface area (Å²) >= 11 is 0. The molecule has 0 spiro atoms.